The standard InChI is InChI=1S/C15H17N5O/c1-2-21-15-12(9-16)13(17)8-14(20-15)19-7-5-11-4-3-6-18-10-11/h3-4,6,8,10H,2,5,7H2,1H3,(H3,17,19,20). The van der Waals surface area contributed by atoms with Crippen LogP contribution in [0.1, 0.15) is 18.1 Å². The molecule has 0 atom stereocenters. The van der Waals surface area contributed by atoms with Gasteiger partial charge in [0.15, 0.2) is 0 Å². The van der Waals surface area contributed by atoms with E-state index in [-0.39, 0.29) is 11.4 Å². The number of ether oxygens (including phenoxy) is 1. The van der Waals surface area contributed by atoms with Gasteiger partial charge in [-0.15, -0.1) is 0 Å². The Bertz CT molecular complexity index is 637. The Morgan fingerprint density at radius 2 is 2.33 bits per heavy atom. The first-order valence-electron chi connectivity index (χ1n) is 6.70. The van der Waals surface area contributed by atoms with E-state index in [1.54, 1.807) is 12.3 Å². The van der Waals surface area contributed by atoms with Crippen molar-refractivity contribution in [1.82, 2.24) is 9.97 Å². The van der Waals surface area contributed by atoms with Crippen LogP contribution < -0.4 is 15.8 Å². The number of nitrogens with one attached hydrogen (secondary N) is 1. The van der Waals surface area contributed by atoms with E-state index < -0.39 is 0 Å². The maximum Gasteiger partial charge on any atom is 0.235 e. The molecule has 2 rings (SSSR count). The van der Waals surface area contributed by atoms with Crippen LogP contribution in [0.2, 0.25) is 0 Å². The van der Waals surface area contributed by atoms with Gasteiger partial charge >= 0.3 is 0 Å². The summed E-state index contributed by atoms with van der Waals surface area (Å²) in [6.45, 7) is 2.96. The lowest BCUT2D eigenvalue weighted by molar-refractivity contribution is 0.326. The van der Waals surface area contributed by atoms with Crippen LogP contribution in [-0.2, 0) is 6.42 Å². The fourth-order valence-electron chi connectivity index (χ4n) is 1.87. The number of pyridine rings is 2. The van der Waals surface area contributed by atoms with E-state index in [2.05, 4.69) is 15.3 Å². The highest BCUT2D eigenvalue weighted by Crippen LogP contribution is 2.24. The molecule has 0 bridgehead atoms. The summed E-state index contributed by atoms with van der Waals surface area (Å²) in [5, 5.41) is 12.2. The van der Waals surface area contributed by atoms with Gasteiger partial charge < -0.3 is 15.8 Å². The quantitative estimate of drug-likeness (QED) is 0.841. The Morgan fingerprint density at radius 1 is 1.48 bits per heavy atom. The molecular weight excluding hydrogens is 266 g/mol. The van der Waals surface area contributed by atoms with Crippen molar-refractivity contribution < 1.29 is 4.74 Å². The molecule has 6 heteroatoms. The number of nitrogens with two attached hydrogens (primary N) is 1. The zero-order chi connectivity index (χ0) is 15.1. The van der Waals surface area contributed by atoms with Crippen LogP contribution in [0.3, 0.4) is 0 Å². The van der Waals surface area contributed by atoms with Crippen LogP contribution >= 0.6 is 0 Å². The maximum absolute atomic E-state index is 9.06. The fourth-order valence-corrected chi connectivity index (χ4v) is 1.87. The molecule has 0 aromatic carbocycles. The fraction of sp³-hybridized carbons (Fsp3) is 0.267. The average Bonchev–Trinajstić information content (AvgIpc) is 2.48. The smallest absolute Gasteiger partial charge is 0.235 e. The van der Waals surface area contributed by atoms with Crippen molar-refractivity contribution >= 4 is 11.5 Å². The topological polar surface area (TPSA) is 96.8 Å². The lowest BCUT2D eigenvalue weighted by Crippen LogP contribution is -2.09. The van der Waals surface area contributed by atoms with Gasteiger partial charge in [-0.1, -0.05) is 6.07 Å². The van der Waals surface area contributed by atoms with Crippen LogP contribution in [0.25, 0.3) is 0 Å². The minimum atomic E-state index is 0.267. The predicted octanol–water partition coefficient (Wildman–Crippen LogP) is 1.98. The number of hydrogen-bond donors (Lipinski definition) is 2. The third-order valence-corrected chi connectivity index (χ3v) is 2.85. The normalized spacial score (nSPS) is 9.90. The second kappa shape index (κ2) is 7.10. The summed E-state index contributed by atoms with van der Waals surface area (Å²) < 4.78 is 5.35. The second-order valence-electron chi connectivity index (χ2n) is 4.36. The highest BCUT2D eigenvalue weighted by atomic mass is 16.5. The molecule has 0 aliphatic rings. The summed E-state index contributed by atoms with van der Waals surface area (Å²) in [6.07, 6.45) is 4.39. The SMILES string of the molecule is CCOc1nc(NCCc2cccnc2)cc(N)c1C#N. The highest BCUT2D eigenvalue weighted by molar-refractivity contribution is 5.64. The van der Waals surface area contributed by atoms with E-state index in [0.29, 0.717) is 24.7 Å². The Kier molecular flexibility index (Phi) is 4.94. The largest absolute Gasteiger partial charge is 0.477 e. The van der Waals surface area contributed by atoms with Gasteiger partial charge in [0.2, 0.25) is 5.88 Å². The first-order chi connectivity index (χ1) is 10.2. The van der Waals surface area contributed by atoms with E-state index in [9.17, 15) is 0 Å². The van der Waals surface area contributed by atoms with E-state index in [0.717, 1.165) is 12.0 Å². The van der Waals surface area contributed by atoms with Gasteiger partial charge in [0.1, 0.15) is 17.5 Å². The molecule has 0 amide bonds. The summed E-state index contributed by atoms with van der Waals surface area (Å²) in [7, 11) is 0. The van der Waals surface area contributed by atoms with Crippen molar-refractivity contribution in [1.29, 1.82) is 5.26 Å². The Balaban J connectivity index is 2.05. The van der Waals surface area contributed by atoms with E-state index in [1.807, 2.05) is 31.3 Å². The molecule has 0 spiro atoms. The number of anilines is 2. The summed E-state index contributed by atoms with van der Waals surface area (Å²) in [5.41, 5.74) is 7.62. The van der Waals surface area contributed by atoms with Gasteiger partial charge in [-0.2, -0.15) is 10.2 Å². The van der Waals surface area contributed by atoms with Crippen molar-refractivity contribution in [2.75, 3.05) is 24.2 Å². The van der Waals surface area contributed by atoms with Gasteiger partial charge in [0, 0.05) is 25.0 Å². The van der Waals surface area contributed by atoms with Crippen LogP contribution in [0.5, 0.6) is 5.88 Å². The van der Waals surface area contributed by atoms with Gasteiger partial charge in [-0.25, -0.2) is 0 Å². The second-order valence-corrected chi connectivity index (χ2v) is 4.36. The van der Waals surface area contributed by atoms with E-state index in [1.165, 1.54) is 0 Å². The first-order valence-corrected chi connectivity index (χ1v) is 6.70. The molecule has 2 aromatic rings. The predicted molar refractivity (Wildman–Crippen MR) is 81.0 cm³/mol. The molecule has 0 fully saturated rings. The minimum absolute atomic E-state index is 0.267. The van der Waals surface area contributed by atoms with Crippen LogP contribution in [0, 0.1) is 11.3 Å². The van der Waals surface area contributed by atoms with Crippen molar-refractivity contribution in [3.63, 3.8) is 0 Å². The minimum Gasteiger partial charge on any atom is -0.477 e. The summed E-state index contributed by atoms with van der Waals surface area (Å²) in [6, 6.07) is 7.57. The number of aromatic nitrogens is 2. The monoisotopic (exact) mass is 283 g/mol. The van der Waals surface area contributed by atoms with Crippen molar-refractivity contribution in [3.8, 4) is 11.9 Å². The summed E-state index contributed by atoms with van der Waals surface area (Å²) in [4.78, 5) is 8.34. The van der Waals surface area contributed by atoms with Gasteiger partial charge in [-0.3, -0.25) is 4.98 Å². The van der Waals surface area contributed by atoms with Crippen molar-refractivity contribution in [3.05, 3.63) is 41.7 Å². The molecule has 108 valence electrons. The molecule has 0 unspecified atom stereocenters. The molecule has 21 heavy (non-hydrogen) atoms. The molecule has 6 nitrogen and oxygen atoms in total. The Hall–Kier alpha value is -2.81. The number of nitrogens with zero attached hydrogens (tertiary/aromatic N) is 3. The molecular formula is C15H17N5O. The number of rotatable bonds is 6. The van der Waals surface area contributed by atoms with Crippen LogP contribution in [-0.4, -0.2) is 23.1 Å². The first kappa shape index (κ1) is 14.6. The number of nitriles is 1. The molecule has 0 radical (unpaired) electrons. The Labute approximate surface area is 123 Å². The number of nitrogen functional groups attached to an aromatic ring is 1. The van der Waals surface area contributed by atoms with Crippen molar-refractivity contribution in [2.24, 2.45) is 0 Å². The van der Waals surface area contributed by atoms with Crippen LogP contribution in [0.15, 0.2) is 30.6 Å². The maximum atomic E-state index is 9.06. The van der Waals surface area contributed by atoms with Gasteiger partial charge in [0.25, 0.3) is 0 Å². The summed E-state index contributed by atoms with van der Waals surface area (Å²) >= 11 is 0. The molecule has 3 N–H and O–H groups in total. The van der Waals surface area contributed by atoms with Crippen molar-refractivity contribution in [2.45, 2.75) is 13.3 Å². The molecule has 0 aliphatic carbocycles. The molecule has 2 heterocycles. The molecule has 0 saturated heterocycles. The third kappa shape index (κ3) is 3.83. The van der Waals surface area contributed by atoms with Crippen LogP contribution in [0.4, 0.5) is 11.5 Å². The molecule has 0 aliphatic heterocycles. The average molecular weight is 283 g/mol. The molecule has 2 aromatic heterocycles. The van der Waals surface area contributed by atoms with E-state index >= 15 is 0 Å². The van der Waals surface area contributed by atoms with Gasteiger partial charge in [0.05, 0.1) is 12.3 Å². The lowest BCUT2D eigenvalue weighted by Gasteiger charge is -2.11. The highest BCUT2D eigenvalue weighted by Gasteiger charge is 2.11. The van der Waals surface area contributed by atoms with Gasteiger partial charge in [-0.05, 0) is 25.0 Å². The Morgan fingerprint density at radius 3 is 3.00 bits per heavy atom. The van der Waals surface area contributed by atoms with E-state index in [4.69, 9.17) is 15.7 Å². The lowest BCUT2D eigenvalue weighted by atomic mass is 10.2. The zero-order valence-corrected chi connectivity index (χ0v) is 11.8. The zero-order valence-electron chi connectivity index (χ0n) is 11.8. The number of hydrogen-bond acceptors (Lipinski definition) is 6. The summed E-state index contributed by atoms with van der Waals surface area (Å²) in [5.74, 6) is 0.864. The molecule has 0 saturated carbocycles. The third-order valence-electron chi connectivity index (χ3n) is 2.85.